The van der Waals surface area contributed by atoms with Gasteiger partial charge >= 0.3 is 12.1 Å². The minimum atomic E-state index is -4.39. The maximum absolute atomic E-state index is 13.0. The summed E-state index contributed by atoms with van der Waals surface area (Å²) in [5, 5.41) is 14.9. The number of carboxylic acids is 1. The first-order valence-electron chi connectivity index (χ1n) is 11.5. The van der Waals surface area contributed by atoms with Gasteiger partial charge in [-0.2, -0.15) is 28.3 Å². The number of fused-ring (bicyclic) bond motifs is 1. The van der Waals surface area contributed by atoms with Crippen LogP contribution in [0.1, 0.15) is 25.8 Å². The van der Waals surface area contributed by atoms with Gasteiger partial charge in [0.25, 0.3) is 0 Å². The number of hydrogen-bond acceptors (Lipinski definition) is 3. The zero-order valence-electron chi connectivity index (χ0n) is 20.1. The molecule has 190 valence electrons. The highest BCUT2D eigenvalue weighted by molar-refractivity contribution is 8.33. The van der Waals surface area contributed by atoms with Crippen molar-refractivity contribution in [3.63, 3.8) is 0 Å². The van der Waals surface area contributed by atoms with E-state index in [1.807, 2.05) is 36.5 Å². The van der Waals surface area contributed by atoms with Gasteiger partial charge in [0.2, 0.25) is 0 Å². The quantitative estimate of drug-likeness (QED) is 0.270. The Labute approximate surface area is 208 Å². The standard InChI is InChI=1S/C27H27F3N2O3S/c1-4-23(26(33)34)35-21-13-15-22(16-14-21)36(3,5-2)24-8-6-7-18-17-32(31-25(18)24)20-11-9-19(10-12-20)27(28,29)30/h6-17,23H,4-5H2,1-3H3,(H,33,34). The molecule has 36 heavy (non-hydrogen) atoms. The molecule has 9 heteroatoms. The van der Waals surface area contributed by atoms with Gasteiger partial charge in [0.15, 0.2) is 6.10 Å². The SMILES string of the molecule is CCC(Oc1ccc(S(C)(CC)c2cccc3cn(-c4ccc(C(F)(F)F)cc4)nc23)cc1)C(=O)O. The minimum absolute atomic E-state index is 0.360. The molecule has 1 aromatic heterocycles. The van der Waals surface area contributed by atoms with Crippen LogP contribution in [0.2, 0.25) is 0 Å². The number of alkyl halides is 3. The van der Waals surface area contributed by atoms with Crippen LogP contribution < -0.4 is 4.74 Å². The Balaban J connectivity index is 1.70. The summed E-state index contributed by atoms with van der Waals surface area (Å²) in [7, 11) is -1.52. The van der Waals surface area contributed by atoms with E-state index in [1.165, 1.54) is 12.1 Å². The molecule has 0 bridgehead atoms. The molecule has 2 atom stereocenters. The third kappa shape index (κ3) is 4.93. The molecule has 0 amide bonds. The van der Waals surface area contributed by atoms with Crippen LogP contribution in [0.15, 0.2) is 82.7 Å². The van der Waals surface area contributed by atoms with Crippen molar-refractivity contribution in [2.75, 3.05) is 12.0 Å². The average Bonchev–Trinajstić information content (AvgIpc) is 3.31. The molecule has 4 rings (SSSR count). The van der Waals surface area contributed by atoms with Crippen LogP contribution in [-0.4, -0.2) is 39.0 Å². The van der Waals surface area contributed by atoms with Gasteiger partial charge in [0.1, 0.15) is 11.3 Å². The van der Waals surface area contributed by atoms with E-state index in [0.717, 1.165) is 38.6 Å². The van der Waals surface area contributed by atoms with Crippen LogP contribution in [0.25, 0.3) is 16.6 Å². The summed E-state index contributed by atoms with van der Waals surface area (Å²) in [6.45, 7) is 3.87. The zero-order valence-corrected chi connectivity index (χ0v) is 20.9. The average molecular weight is 517 g/mol. The molecule has 1 N–H and O–H groups in total. The second-order valence-electron chi connectivity index (χ2n) is 8.51. The Morgan fingerprint density at radius 2 is 1.72 bits per heavy atom. The number of ether oxygens (including phenoxy) is 1. The monoisotopic (exact) mass is 516 g/mol. The molecule has 1 heterocycles. The molecule has 2 unspecified atom stereocenters. The van der Waals surface area contributed by atoms with E-state index in [1.54, 1.807) is 23.7 Å². The van der Waals surface area contributed by atoms with Crippen LogP contribution in [0, 0.1) is 0 Å². The summed E-state index contributed by atoms with van der Waals surface area (Å²) in [6, 6.07) is 18.4. The van der Waals surface area contributed by atoms with Gasteiger partial charge in [-0.05, 0) is 77.9 Å². The molecule has 5 nitrogen and oxygen atoms in total. The Bertz CT molecular complexity index is 1370. The van der Waals surface area contributed by atoms with Gasteiger partial charge < -0.3 is 9.84 Å². The number of aromatic nitrogens is 2. The lowest BCUT2D eigenvalue weighted by atomic mass is 10.2. The smallest absolute Gasteiger partial charge is 0.416 e. The second-order valence-corrected chi connectivity index (χ2v) is 12.2. The zero-order chi connectivity index (χ0) is 26.1. The first kappa shape index (κ1) is 25.6. The van der Waals surface area contributed by atoms with Crippen LogP contribution >= 0.6 is 10.0 Å². The lowest BCUT2D eigenvalue weighted by Crippen LogP contribution is -2.25. The van der Waals surface area contributed by atoms with Crippen molar-refractivity contribution in [1.82, 2.24) is 9.78 Å². The van der Waals surface area contributed by atoms with E-state index in [4.69, 9.17) is 9.84 Å². The Hall–Kier alpha value is -3.46. The van der Waals surface area contributed by atoms with Crippen LogP contribution in [0.3, 0.4) is 0 Å². The van der Waals surface area contributed by atoms with Gasteiger partial charge in [-0.15, -0.1) is 0 Å². The Morgan fingerprint density at radius 1 is 1.06 bits per heavy atom. The molecule has 0 saturated carbocycles. The third-order valence-electron chi connectivity index (χ3n) is 6.29. The molecule has 3 aromatic carbocycles. The van der Waals surface area contributed by atoms with Crippen LogP contribution in [0.5, 0.6) is 5.75 Å². The minimum Gasteiger partial charge on any atom is -0.479 e. The number of benzene rings is 3. The van der Waals surface area contributed by atoms with E-state index in [2.05, 4.69) is 13.2 Å². The summed E-state index contributed by atoms with van der Waals surface area (Å²) in [6.07, 6.45) is -0.911. The number of hydrogen-bond donors (Lipinski definition) is 1. The van der Waals surface area contributed by atoms with E-state index in [-0.39, 0.29) is 0 Å². The number of rotatable bonds is 8. The lowest BCUT2D eigenvalue weighted by Gasteiger charge is -2.36. The normalized spacial score (nSPS) is 15.3. The maximum atomic E-state index is 13.0. The van der Waals surface area contributed by atoms with Crippen LogP contribution in [-0.2, 0) is 11.0 Å². The van der Waals surface area contributed by atoms with E-state index < -0.39 is 33.8 Å². The molecule has 0 saturated heterocycles. The van der Waals surface area contributed by atoms with Gasteiger partial charge in [-0.1, -0.05) is 26.0 Å². The van der Waals surface area contributed by atoms with Crippen molar-refractivity contribution in [1.29, 1.82) is 0 Å². The van der Waals surface area contributed by atoms with E-state index >= 15 is 0 Å². The number of nitrogens with zero attached hydrogens (tertiary/aromatic N) is 2. The Kier molecular flexibility index (Phi) is 7.04. The molecular formula is C27H27F3N2O3S. The highest BCUT2D eigenvalue weighted by Gasteiger charge is 2.30. The van der Waals surface area contributed by atoms with Gasteiger partial charge in [-0.3, -0.25) is 0 Å². The first-order valence-corrected chi connectivity index (χ1v) is 13.7. The van der Waals surface area contributed by atoms with Gasteiger partial charge in [0, 0.05) is 16.5 Å². The topological polar surface area (TPSA) is 64.4 Å². The maximum Gasteiger partial charge on any atom is 0.416 e. The van der Waals surface area contributed by atoms with Crippen molar-refractivity contribution >= 4 is 26.9 Å². The fourth-order valence-electron chi connectivity index (χ4n) is 4.06. The highest BCUT2D eigenvalue weighted by atomic mass is 32.3. The fraction of sp³-hybridized carbons (Fsp3) is 0.259. The molecule has 0 aliphatic carbocycles. The van der Waals surface area contributed by atoms with E-state index in [9.17, 15) is 23.1 Å². The number of carboxylic acid groups (broad SMARTS) is 1. The van der Waals surface area contributed by atoms with Crippen molar-refractivity contribution < 1.29 is 27.8 Å². The molecule has 0 spiro atoms. The van der Waals surface area contributed by atoms with Crippen molar-refractivity contribution in [2.24, 2.45) is 0 Å². The van der Waals surface area contributed by atoms with Crippen molar-refractivity contribution in [3.8, 4) is 11.4 Å². The molecular weight excluding hydrogens is 489 g/mol. The summed E-state index contributed by atoms with van der Waals surface area (Å²) in [5.41, 5.74) is 0.644. The fourth-order valence-corrected chi connectivity index (χ4v) is 6.66. The van der Waals surface area contributed by atoms with Gasteiger partial charge in [-0.25, -0.2) is 9.48 Å². The van der Waals surface area contributed by atoms with Crippen molar-refractivity contribution in [3.05, 3.63) is 78.5 Å². The van der Waals surface area contributed by atoms with Gasteiger partial charge in [0.05, 0.1) is 11.3 Å². The molecule has 0 aliphatic heterocycles. The van der Waals surface area contributed by atoms with Crippen molar-refractivity contribution in [2.45, 2.75) is 42.3 Å². The summed E-state index contributed by atoms with van der Waals surface area (Å²) in [4.78, 5) is 13.5. The number of carbonyl (C=O) groups is 1. The first-order chi connectivity index (χ1) is 17.1. The predicted molar refractivity (Wildman–Crippen MR) is 135 cm³/mol. The van der Waals surface area contributed by atoms with E-state index in [0.29, 0.717) is 17.9 Å². The number of aliphatic carboxylic acids is 1. The lowest BCUT2D eigenvalue weighted by molar-refractivity contribution is -0.145. The predicted octanol–water partition coefficient (Wildman–Crippen LogP) is 7.16. The summed E-state index contributed by atoms with van der Waals surface area (Å²) < 4.78 is 46.1. The molecule has 4 aromatic rings. The summed E-state index contributed by atoms with van der Waals surface area (Å²) in [5.74, 6) is 0.336. The largest absolute Gasteiger partial charge is 0.479 e. The molecule has 0 fully saturated rings. The summed E-state index contributed by atoms with van der Waals surface area (Å²) >= 11 is 0. The molecule has 0 aliphatic rings. The molecule has 0 radical (unpaired) electrons. The Morgan fingerprint density at radius 3 is 2.28 bits per heavy atom. The number of halogens is 3. The highest BCUT2D eigenvalue weighted by Crippen LogP contribution is 2.61. The third-order valence-corrected chi connectivity index (χ3v) is 10.1. The second kappa shape index (κ2) is 9.89. The van der Waals surface area contributed by atoms with Crippen LogP contribution in [0.4, 0.5) is 13.2 Å².